The number of unbranched alkanes of at least 4 members (excludes halogenated alkanes) is 1. The maximum Gasteiger partial charge on any atom is 0.404 e. The van der Waals surface area contributed by atoms with Crippen molar-refractivity contribution in [3.63, 3.8) is 0 Å². The molecule has 120 valence electrons. The van der Waals surface area contributed by atoms with Gasteiger partial charge in [0.25, 0.3) is 0 Å². The predicted molar refractivity (Wildman–Crippen MR) is 85.1 cm³/mol. The lowest BCUT2D eigenvalue weighted by molar-refractivity contribution is 0.151. The van der Waals surface area contributed by atoms with Crippen LogP contribution in [-0.2, 0) is 17.8 Å². The van der Waals surface area contributed by atoms with Crippen molar-refractivity contribution in [3.8, 4) is 5.13 Å². The number of carbonyl (C=O) groups excluding carboxylic acids is 1. The van der Waals surface area contributed by atoms with Crippen molar-refractivity contribution in [3.05, 3.63) is 29.0 Å². The zero-order valence-corrected chi connectivity index (χ0v) is 13.7. The third kappa shape index (κ3) is 5.12. The molecule has 0 saturated heterocycles. The van der Waals surface area contributed by atoms with E-state index in [-0.39, 0.29) is 6.61 Å². The van der Waals surface area contributed by atoms with Gasteiger partial charge in [-0.25, -0.2) is 14.5 Å². The van der Waals surface area contributed by atoms with E-state index in [0.29, 0.717) is 0 Å². The predicted octanol–water partition coefficient (Wildman–Crippen LogP) is 1.81. The Morgan fingerprint density at radius 1 is 1.41 bits per heavy atom. The molecule has 0 saturated carbocycles. The maximum absolute atomic E-state index is 10.6. The van der Waals surface area contributed by atoms with Crippen LogP contribution in [-0.4, -0.2) is 46.4 Å². The van der Waals surface area contributed by atoms with Gasteiger partial charge in [0, 0.05) is 12.4 Å². The molecule has 1 amide bonds. The molecule has 0 aromatic carbocycles. The summed E-state index contributed by atoms with van der Waals surface area (Å²) in [6, 6.07) is 0. The SMILES string of the molecule is CN(C)CCCCc1cnn(-c2ncc(COC(N)=O)s2)c1. The van der Waals surface area contributed by atoms with Gasteiger partial charge in [-0.2, -0.15) is 5.10 Å². The molecule has 0 bridgehead atoms. The Balaban J connectivity index is 1.86. The minimum absolute atomic E-state index is 0.145. The molecule has 0 fully saturated rings. The van der Waals surface area contributed by atoms with E-state index in [9.17, 15) is 4.79 Å². The number of thiazole rings is 1. The summed E-state index contributed by atoms with van der Waals surface area (Å²) >= 11 is 1.42. The fourth-order valence-electron chi connectivity index (χ4n) is 1.96. The number of hydrogen-bond acceptors (Lipinski definition) is 6. The second-order valence-corrected chi connectivity index (χ2v) is 6.36. The molecule has 0 unspecified atom stereocenters. The molecule has 0 radical (unpaired) electrons. The Morgan fingerprint density at radius 3 is 2.95 bits per heavy atom. The molecule has 2 aromatic rings. The number of hydrogen-bond donors (Lipinski definition) is 1. The van der Waals surface area contributed by atoms with Crippen LogP contribution in [0.1, 0.15) is 23.3 Å². The molecule has 2 aromatic heterocycles. The molecule has 0 atom stereocenters. The number of nitrogens with zero attached hydrogens (tertiary/aromatic N) is 4. The van der Waals surface area contributed by atoms with Crippen LogP contribution >= 0.6 is 11.3 Å². The average Bonchev–Trinajstić information content (AvgIpc) is 3.10. The third-order valence-corrected chi connectivity index (χ3v) is 4.01. The van der Waals surface area contributed by atoms with Crippen molar-refractivity contribution in [2.45, 2.75) is 25.9 Å². The molecule has 7 nitrogen and oxygen atoms in total. The molecular weight excluding hydrogens is 302 g/mol. The quantitative estimate of drug-likeness (QED) is 0.749. The molecule has 22 heavy (non-hydrogen) atoms. The monoisotopic (exact) mass is 323 g/mol. The maximum atomic E-state index is 10.6. The van der Waals surface area contributed by atoms with Gasteiger partial charge in [-0.1, -0.05) is 11.3 Å². The van der Waals surface area contributed by atoms with Gasteiger partial charge in [0.1, 0.15) is 6.61 Å². The zero-order valence-electron chi connectivity index (χ0n) is 12.9. The Bertz CT molecular complexity index is 608. The van der Waals surface area contributed by atoms with Gasteiger partial charge < -0.3 is 15.4 Å². The summed E-state index contributed by atoms with van der Waals surface area (Å²) < 4.78 is 6.49. The van der Waals surface area contributed by atoms with Crippen molar-refractivity contribution < 1.29 is 9.53 Å². The lowest BCUT2D eigenvalue weighted by atomic mass is 10.1. The number of nitrogens with two attached hydrogens (primary N) is 1. The first kappa shape index (κ1) is 16.4. The van der Waals surface area contributed by atoms with E-state index in [1.54, 1.807) is 10.9 Å². The van der Waals surface area contributed by atoms with Crippen LogP contribution in [0.4, 0.5) is 4.79 Å². The minimum Gasteiger partial charge on any atom is -0.444 e. The highest BCUT2D eigenvalue weighted by molar-refractivity contribution is 7.14. The van der Waals surface area contributed by atoms with E-state index in [2.05, 4.69) is 29.1 Å². The summed E-state index contributed by atoms with van der Waals surface area (Å²) in [4.78, 5) is 17.9. The summed E-state index contributed by atoms with van der Waals surface area (Å²) in [6.07, 6.45) is 8.07. The van der Waals surface area contributed by atoms with Crippen molar-refractivity contribution in [2.24, 2.45) is 5.73 Å². The van der Waals surface area contributed by atoms with Crippen molar-refractivity contribution in [1.29, 1.82) is 0 Å². The van der Waals surface area contributed by atoms with E-state index < -0.39 is 6.09 Å². The lowest BCUT2D eigenvalue weighted by Crippen LogP contribution is -2.12. The zero-order chi connectivity index (χ0) is 15.9. The van der Waals surface area contributed by atoms with Crippen LogP contribution in [0.2, 0.25) is 0 Å². The van der Waals surface area contributed by atoms with Gasteiger partial charge in [-0.3, -0.25) is 0 Å². The van der Waals surface area contributed by atoms with E-state index in [0.717, 1.165) is 29.4 Å². The molecule has 2 heterocycles. The smallest absolute Gasteiger partial charge is 0.404 e. The Labute approximate surface area is 133 Å². The average molecular weight is 323 g/mol. The summed E-state index contributed by atoms with van der Waals surface area (Å²) in [5, 5.41) is 5.08. The standard InChI is InChI=1S/C14H21N5O2S/c1-18(2)6-4-3-5-11-7-17-19(9-11)14-16-8-12(22-14)10-21-13(15)20/h7-9H,3-6,10H2,1-2H3,(H2,15,20). The molecule has 2 N–H and O–H groups in total. The molecule has 0 aliphatic heterocycles. The number of carbonyl (C=O) groups is 1. The molecular formula is C14H21N5O2S. The Hall–Kier alpha value is -1.93. The first-order valence-electron chi connectivity index (χ1n) is 7.10. The van der Waals surface area contributed by atoms with Gasteiger partial charge in [0.2, 0.25) is 5.13 Å². The molecule has 0 aliphatic carbocycles. The summed E-state index contributed by atoms with van der Waals surface area (Å²) in [5.41, 5.74) is 6.14. The number of amides is 1. The fourth-order valence-corrected chi connectivity index (χ4v) is 2.72. The van der Waals surface area contributed by atoms with Crippen LogP contribution in [0.25, 0.3) is 5.13 Å². The van der Waals surface area contributed by atoms with Crippen LogP contribution in [0, 0.1) is 0 Å². The molecule has 2 rings (SSSR count). The lowest BCUT2D eigenvalue weighted by Gasteiger charge is -2.07. The normalized spacial score (nSPS) is 11.0. The van der Waals surface area contributed by atoms with Crippen molar-refractivity contribution in [1.82, 2.24) is 19.7 Å². The highest BCUT2D eigenvalue weighted by Crippen LogP contribution is 2.18. The fraction of sp³-hybridized carbons (Fsp3) is 0.500. The van der Waals surface area contributed by atoms with E-state index in [1.807, 2.05) is 12.4 Å². The largest absolute Gasteiger partial charge is 0.444 e. The van der Waals surface area contributed by atoms with Crippen LogP contribution in [0.5, 0.6) is 0 Å². The summed E-state index contributed by atoms with van der Waals surface area (Å²) in [5.74, 6) is 0. The molecule has 0 spiro atoms. The summed E-state index contributed by atoms with van der Waals surface area (Å²) in [6.45, 7) is 1.25. The van der Waals surface area contributed by atoms with Gasteiger partial charge in [-0.15, -0.1) is 0 Å². The van der Waals surface area contributed by atoms with E-state index in [4.69, 9.17) is 10.5 Å². The number of aromatic nitrogens is 3. The van der Waals surface area contributed by atoms with E-state index in [1.165, 1.54) is 23.3 Å². The van der Waals surface area contributed by atoms with Crippen molar-refractivity contribution in [2.75, 3.05) is 20.6 Å². The minimum atomic E-state index is -0.783. The topological polar surface area (TPSA) is 86.3 Å². The highest BCUT2D eigenvalue weighted by atomic mass is 32.1. The van der Waals surface area contributed by atoms with Gasteiger partial charge in [0.15, 0.2) is 0 Å². The first-order chi connectivity index (χ1) is 10.5. The van der Waals surface area contributed by atoms with Gasteiger partial charge in [-0.05, 0) is 45.5 Å². The second-order valence-electron chi connectivity index (χ2n) is 5.27. The molecule has 8 heteroatoms. The second kappa shape index (κ2) is 7.90. The first-order valence-corrected chi connectivity index (χ1v) is 7.92. The van der Waals surface area contributed by atoms with Gasteiger partial charge >= 0.3 is 6.09 Å². The number of rotatable bonds is 8. The number of aryl methyl sites for hydroxylation is 1. The van der Waals surface area contributed by atoms with Crippen LogP contribution < -0.4 is 5.73 Å². The number of primary amides is 1. The Kier molecular flexibility index (Phi) is 5.91. The molecule has 0 aliphatic rings. The van der Waals surface area contributed by atoms with Crippen molar-refractivity contribution >= 4 is 17.4 Å². The van der Waals surface area contributed by atoms with Crippen LogP contribution in [0.3, 0.4) is 0 Å². The van der Waals surface area contributed by atoms with E-state index >= 15 is 0 Å². The Morgan fingerprint density at radius 2 is 2.23 bits per heavy atom. The summed E-state index contributed by atoms with van der Waals surface area (Å²) in [7, 11) is 4.17. The van der Waals surface area contributed by atoms with Gasteiger partial charge in [0.05, 0.1) is 11.1 Å². The third-order valence-electron chi connectivity index (χ3n) is 3.05. The highest BCUT2D eigenvalue weighted by Gasteiger charge is 2.07. The number of ether oxygens (including phenoxy) is 1. The van der Waals surface area contributed by atoms with Crippen LogP contribution in [0.15, 0.2) is 18.6 Å².